The van der Waals surface area contributed by atoms with Gasteiger partial charge in [-0.25, -0.2) is 14.6 Å². The van der Waals surface area contributed by atoms with Crippen LogP contribution in [0.3, 0.4) is 0 Å². The standard InChI is InChI=1S/C20H27N7O3/c1-30-12-11-27-18(28)13-17(14-23-27)26-6-3-16(15-26)19(29)24-7-9-25(10-8-24)20-21-4-2-5-22-20/h2,4-5,13-14,16H,3,6-12,15H2,1H3. The molecule has 0 aromatic carbocycles. The molecule has 0 radical (unpaired) electrons. The van der Waals surface area contributed by atoms with Gasteiger partial charge in [-0.3, -0.25) is 9.59 Å². The Bertz CT molecular complexity index is 912. The quantitative estimate of drug-likeness (QED) is 0.645. The molecular weight excluding hydrogens is 386 g/mol. The van der Waals surface area contributed by atoms with Gasteiger partial charge in [0, 0.05) is 64.8 Å². The van der Waals surface area contributed by atoms with Crippen molar-refractivity contribution >= 4 is 17.5 Å². The zero-order valence-corrected chi connectivity index (χ0v) is 17.2. The maximum atomic E-state index is 13.0. The molecule has 0 spiro atoms. The number of methoxy groups -OCH3 is 1. The summed E-state index contributed by atoms with van der Waals surface area (Å²) in [6.45, 7) is 5.04. The Morgan fingerprint density at radius 2 is 1.90 bits per heavy atom. The van der Waals surface area contributed by atoms with Gasteiger partial charge in [0.05, 0.1) is 31.0 Å². The first-order valence-corrected chi connectivity index (χ1v) is 10.3. The van der Waals surface area contributed by atoms with Crippen molar-refractivity contribution in [3.63, 3.8) is 0 Å². The maximum Gasteiger partial charge on any atom is 0.268 e. The van der Waals surface area contributed by atoms with E-state index in [1.165, 1.54) is 4.68 Å². The Kier molecular flexibility index (Phi) is 6.22. The Hall–Kier alpha value is -3.01. The van der Waals surface area contributed by atoms with E-state index in [2.05, 4.69) is 24.9 Å². The third-order valence-electron chi connectivity index (χ3n) is 5.69. The van der Waals surface area contributed by atoms with Crippen molar-refractivity contribution in [2.75, 3.05) is 62.8 Å². The number of hydrogen-bond donors (Lipinski definition) is 0. The molecule has 2 aromatic rings. The largest absolute Gasteiger partial charge is 0.383 e. The molecule has 0 saturated carbocycles. The van der Waals surface area contributed by atoms with E-state index in [0.717, 1.165) is 31.7 Å². The average molecular weight is 413 g/mol. The molecule has 30 heavy (non-hydrogen) atoms. The minimum absolute atomic E-state index is 0.0551. The van der Waals surface area contributed by atoms with Gasteiger partial charge in [-0.05, 0) is 12.5 Å². The van der Waals surface area contributed by atoms with Crippen LogP contribution < -0.4 is 15.4 Å². The number of piperazine rings is 1. The zero-order valence-electron chi connectivity index (χ0n) is 17.2. The van der Waals surface area contributed by atoms with Gasteiger partial charge in [-0.1, -0.05) is 0 Å². The van der Waals surface area contributed by atoms with E-state index < -0.39 is 0 Å². The topological polar surface area (TPSA) is 96.7 Å². The number of carbonyl (C=O) groups excluding carboxylic acids is 1. The molecule has 0 bridgehead atoms. The smallest absolute Gasteiger partial charge is 0.268 e. The number of carbonyl (C=O) groups is 1. The van der Waals surface area contributed by atoms with Gasteiger partial charge < -0.3 is 19.4 Å². The highest BCUT2D eigenvalue weighted by atomic mass is 16.5. The molecule has 1 atom stereocenters. The van der Waals surface area contributed by atoms with E-state index in [1.54, 1.807) is 37.8 Å². The van der Waals surface area contributed by atoms with Crippen LogP contribution in [-0.2, 0) is 16.1 Å². The fourth-order valence-corrected chi connectivity index (χ4v) is 3.98. The molecule has 0 N–H and O–H groups in total. The van der Waals surface area contributed by atoms with E-state index in [-0.39, 0.29) is 17.4 Å². The van der Waals surface area contributed by atoms with Gasteiger partial charge in [-0.15, -0.1) is 0 Å². The predicted molar refractivity (Wildman–Crippen MR) is 112 cm³/mol. The van der Waals surface area contributed by atoms with Crippen LogP contribution in [0.1, 0.15) is 6.42 Å². The molecule has 2 aromatic heterocycles. The minimum Gasteiger partial charge on any atom is -0.383 e. The third-order valence-corrected chi connectivity index (χ3v) is 5.69. The second-order valence-corrected chi connectivity index (χ2v) is 7.56. The van der Waals surface area contributed by atoms with Gasteiger partial charge in [0.25, 0.3) is 5.56 Å². The lowest BCUT2D eigenvalue weighted by Gasteiger charge is -2.35. The third kappa shape index (κ3) is 4.43. The fourth-order valence-electron chi connectivity index (χ4n) is 3.98. The fraction of sp³-hybridized carbons (Fsp3) is 0.550. The monoisotopic (exact) mass is 413 g/mol. The first kappa shape index (κ1) is 20.3. The van der Waals surface area contributed by atoms with Gasteiger partial charge in [0.2, 0.25) is 11.9 Å². The van der Waals surface area contributed by atoms with E-state index in [9.17, 15) is 9.59 Å². The van der Waals surface area contributed by atoms with Crippen LogP contribution in [0.4, 0.5) is 11.6 Å². The van der Waals surface area contributed by atoms with Gasteiger partial charge >= 0.3 is 0 Å². The first-order valence-electron chi connectivity index (χ1n) is 10.3. The predicted octanol–water partition coefficient (Wildman–Crippen LogP) is -0.145. The van der Waals surface area contributed by atoms with E-state index in [1.807, 2.05) is 4.90 Å². The molecule has 10 nitrogen and oxygen atoms in total. The number of amides is 1. The lowest BCUT2D eigenvalue weighted by atomic mass is 10.1. The lowest BCUT2D eigenvalue weighted by Crippen LogP contribution is -2.51. The first-order chi connectivity index (χ1) is 14.7. The van der Waals surface area contributed by atoms with Crippen molar-refractivity contribution in [2.24, 2.45) is 5.92 Å². The SMILES string of the molecule is COCCn1ncc(N2CCC(C(=O)N3CCN(c4ncccn4)CC3)C2)cc1=O. The molecule has 2 saturated heterocycles. The summed E-state index contributed by atoms with van der Waals surface area (Å²) in [6.07, 6.45) is 5.95. The minimum atomic E-state index is -0.154. The Morgan fingerprint density at radius 3 is 2.60 bits per heavy atom. The number of aromatic nitrogens is 4. The van der Waals surface area contributed by atoms with Crippen molar-refractivity contribution in [1.82, 2.24) is 24.6 Å². The van der Waals surface area contributed by atoms with Crippen molar-refractivity contribution in [3.8, 4) is 0 Å². The highest BCUT2D eigenvalue weighted by molar-refractivity contribution is 5.80. The molecule has 4 rings (SSSR count). The number of nitrogens with zero attached hydrogens (tertiary/aromatic N) is 7. The molecule has 2 aliphatic heterocycles. The number of rotatable bonds is 6. The number of ether oxygens (including phenoxy) is 1. The zero-order chi connectivity index (χ0) is 20.9. The summed E-state index contributed by atoms with van der Waals surface area (Å²) in [4.78, 5) is 40.0. The Balaban J connectivity index is 1.32. The van der Waals surface area contributed by atoms with Gasteiger partial charge in [0.1, 0.15) is 0 Å². The average Bonchev–Trinajstić information content (AvgIpc) is 3.29. The summed E-state index contributed by atoms with van der Waals surface area (Å²) in [6, 6.07) is 3.39. The summed E-state index contributed by atoms with van der Waals surface area (Å²) in [5, 5.41) is 4.23. The highest BCUT2D eigenvalue weighted by Gasteiger charge is 2.33. The van der Waals surface area contributed by atoms with Crippen molar-refractivity contribution in [2.45, 2.75) is 13.0 Å². The number of anilines is 2. The van der Waals surface area contributed by atoms with Crippen LogP contribution in [0.15, 0.2) is 35.5 Å². The van der Waals surface area contributed by atoms with Crippen LogP contribution in [0, 0.1) is 5.92 Å². The molecule has 2 fully saturated rings. The molecular formula is C20H27N7O3. The summed E-state index contributed by atoms with van der Waals surface area (Å²) in [5.41, 5.74) is 0.619. The molecule has 1 unspecified atom stereocenters. The molecule has 1 amide bonds. The Labute approximate surface area is 175 Å². The van der Waals surface area contributed by atoms with Crippen LogP contribution in [0.5, 0.6) is 0 Å². The number of hydrogen-bond acceptors (Lipinski definition) is 8. The molecule has 10 heteroatoms. The molecule has 160 valence electrons. The van der Waals surface area contributed by atoms with Gasteiger partial charge in [-0.2, -0.15) is 5.10 Å². The van der Waals surface area contributed by atoms with Crippen molar-refractivity contribution < 1.29 is 9.53 Å². The molecule has 4 heterocycles. The summed E-state index contributed by atoms with van der Waals surface area (Å²) >= 11 is 0. The van der Waals surface area contributed by atoms with Crippen LogP contribution in [-0.4, -0.2) is 83.5 Å². The molecule has 0 aliphatic carbocycles. The second-order valence-electron chi connectivity index (χ2n) is 7.56. The molecule has 2 aliphatic rings. The van der Waals surface area contributed by atoms with Crippen molar-refractivity contribution in [1.29, 1.82) is 0 Å². The highest BCUT2D eigenvalue weighted by Crippen LogP contribution is 2.24. The van der Waals surface area contributed by atoms with E-state index in [4.69, 9.17) is 4.74 Å². The van der Waals surface area contributed by atoms with Crippen LogP contribution in [0.2, 0.25) is 0 Å². The van der Waals surface area contributed by atoms with E-state index in [0.29, 0.717) is 38.7 Å². The summed E-state index contributed by atoms with van der Waals surface area (Å²) in [5.74, 6) is 0.845. The lowest BCUT2D eigenvalue weighted by molar-refractivity contribution is -0.135. The Morgan fingerprint density at radius 1 is 1.13 bits per heavy atom. The summed E-state index contributed by atoms with van der Waals surface area (Å²) in [7, 11) is 1.59. The van der Waals surface area contributed by atoms with Crippen LogP contribution >= 0.6 is 0 Å². The maximum absolute atomic E-state index is 13.0. The van der Waals surface area contributed by atoms with Crippen LogP contribution in [0.25, 0.3) is 0 Å². The van der Waals surface area contributed by atoms with E-state index >= 15 is 0 Å². The second kappa shape index (κ2) is 9.21. The summed E-state index contributed by atoms with van der Waals surface area (Å²) < 4.78 is 6.39. The van der Waals surface area contributed by atoms with Gasteiger partial charge in [0.15, 0.2) is 0 Å². The normalized spacial score (nSPS) is 19.4. The van der Waals surface area contributed by atoms with Crippen molar-refractivity contribution in [3.05, 3.63) is 41.1 Å².